The zero-order valence-electron chi connectivity index (χ0n) is 20.0. The number of sulfonamides is 1. The summed E-state index contributed by atoms with van der Waals surface area (Å²) in [6, 6.07) is 13.4. The fraction of sp³-hybridized carbons (Fsp3) is 0.308. The first-order chi connectivity index (χ1) is 17.3. The standard InChI is InChI=1S/C26H26ClN3O4S2/c1-17-6-3-4-14-30(17)36(32,33)21-10-8-19(9-11-21)25(31)29(16-20-7-5-15-34-20)26-28-24-18(2)22(27)12-13-23(24)35-26/h5,7-13,15,17H,3-4,6,14,16H2,1-2H3. The van der Waals surface area contributed by atoms with Crippen LogP contribution in [0, 0.1) is 6.92 Å². The van der Waals surface area contributed by atoms with Gasteiger partial charge in [-0.3, -0.25) is 9.69 Å². The largest absolute Gasteiger partial charge is 0.467 e. The molecule has 4 aromatic rings. The molecule has 0 bridgehead atoms. The number of benzene rings is 2. The van der Waals surface area contributed by atoms with Crippen LogP contribution in [0.15, 0.2) is 64.1 Å². The minimum absolute atomic E-state index is 0.0372. The predicted octanol–water partition coefficient (Wildman–Crippen LogP) is 6.26. The Labute approximate surface area is 219 Å². The zero-order valence-corrected chi connectivity index (χ0v) is 22.4. The van der Waals surface area contributed by atoms with E-state index in [9.17, 15) is 13.2 Å². The molecule has 0 spiro atoms. The van der Waals surface area contributed by atoms with Crippen LogP contribution < -0.4 is 4.90 Å². The van der Waals surface area contributed by atoms with Gasteiger partial charge in [0.1, 0.15) is 5.76 Å². The number of halogens is 1. The Bertz CT molecular complexity index is 1500. The molecule has 1 saturated heterocycles. The lowest BCUT2D eigenvalue weighted by Gasteiger charge is -2.32. The number of carbonyl (C=O) groups is 1. The van der Waals surface area contributed by atoms with E-state index in [1.54, 1.807) is 39.7 Å². The first-order valence-corrected chi connectivity index (χ1v) is 14.4. The molecular formula is C26H26ClN3O4S2. The fourth-order valence-electron chi connectivity index (χ4n) is 4.48. The third-order valence-corrected chi connectivity index (χ3v) is 10.0. The minimum Gasteiger partial charge on any atom is -0.467 e. The Kier molecular flexibility index (Phi) is 6.91. The quantitative estimate of drug-likeness (QED) is 0.286. The van der Waals surface area contributed by atoms with E-state index in [2.05, 4.69) is 0 Å². The lowest BCUT2D eigenvalue weighted by atomic mass is 10.1. The molecule has 188 valence electrons. The van der Waals surface area contributed by atoms with Crippen LogP contribution in [-0.4, -0.2) is 36.2 Å². The lowest BCUT2D eigenvalue weighted by molar-refractivity contribution is 0.0983. The third kappa shape index (κ3) is 4.68. The number of piperidine rings is 1. The average Bonchev–Trinajstić information content (AvgIpc) is 3.55. The topological polar surface area (TPSA) is 83.7 Å². The van der Waals surface area contributed by atoms with Crippen LogP contribution in [0.5, 0.6) is 0 Å². The minimum atomic E-state index is -3.62. The van der Waals surface area contributed by atoms with E-state index in [0.717, 1.165) is 35.0 Å². The molecule has 1 unspecified atom stereocenters. The van der Waals surface area contributed by atoms with Crippen molar-refractivity contribution in [3.63, 3.8) is 0 Å². The van der Waals surface area contributed by atoms with Crippen LogP contribution in [-0.2, 0) is 16.6 Å². The molecule has 1 amide bonds. The molecule has 7 nitrogen and oxygen atoms in total. The van der Waals surface area contributed by atoms with Crippen molar-refractivity contribution in [2.45, 2.75) is 50.6 Å². The number of rotatable bonds is 6. The Hall–Kier alpha value is -2.72. The summed E-state index contributed by atoms with van der Waals surface area (Å²) in [6.07, 6.45) is 4.30. The van der Waals surface area contributed by atoms with Gasteiger partial charge in [-0.25, -0.2) is 13.4 Å². The van der Waals surface area contributed by atoms with Crippen molar-refractivity contribution in [2.75, 3.05) is 11.4 Å². The monoisotopic (exact) mass is 543 g/mol. The van der Waals surface area contributed by atoms with Crippen LogP contribution in [0.2, 0.25) is 5.02 Å². The summed E-state index contributed by atoms with van der Waals surface area (Å²) in [4.78, 5) is 20.1. The van der Waals surface area contributed by atoms with Gasteiger partial charge in [0, 0.05) is 23.2 Å². The van der Waals surface area contributed by atoms with Gasteiger partial charge in [0.15, 0.2) is 5.13 Å². The molecule has 1 aliphatic heterocycles. The van der Waals surface area contributed by atoms with Crippen LogP contribution in [0.25, 0.3) is 10.2 Å². The number of fused-ring (bicyclic) bond motifs is 1. The van der Waals surface area contributed by atoms with Crippen molar-refractivity contribution in [3.8, 4) is 0 Å². The van der Waals surface area contributed by atoms with Crippen molar-refractivity contribution in [1.82, 2.24) is 9.29 Å². The number of anilines is 1. The van der Waals surface area contributed by atoms with Gasteiger partial charge in [-0.15, -0.1) is 0 Å². The second-order valence-electron chi connectivity index (χ2n) is 8.97. The number of amides is 1. The van der Waals surface area contributed by atoms with Gasteiger partial charge >= 0.3 is 0 Å². The van der Waals surface area contributed by atoms with Gasteiger partial charge in [-0.05, 0) is 80.8 Å². The number of nitrogens with zero attached hydrogens (tertiary/aromatic N) is 3. The molecule has 0 N–H and O–H groups in total. The maximum absolute atomic E-state index is 13.7. The Balaban J connectivity index is 1.48. The molecule has 0 aliphatic carbocycles. The number of aryl methyl sites for hydroxylation is 1. The summed E-state index contributed by atoms with van der Waals surface area (Å²) in [5.74, 6) is 0.306. The molecule has 1 fully saturated rings. The zero-order chi connectivity index (χ0) is 25.4. The maximum Gasteiger partial charge on any atom is 0.260 e. The normalized spacial score (nSPS) is 16.9. The van der Waals surface area contributed by atoms with E-state index in [0.29, 0.717) is 28.0 Å². The number of thiazole rings is 1. The summed E-state index contributed by atoms with van der Waals surface area (Å²) in [6.45, 7) is 4.54. The molecule has 0 radical (unpaired) electrons. The van der Waals surface area contributed by atoms with Gasteiger partial charge in [0.2, 0.25) is 10.0 Å². The van der Waals surface area contributed by atoms with Crippen LogP contribution in [0.4, 0.5) is 5.13 Å². The van der Waals surface area contributed by atoms with Crippen molar-refractivity contribution in [1.29, 1.82) is 0 Å². The van der Waals surface area contributed by atoms with Crippen LogP contribution in [0.3, 0.4) is 0 Å². The van der Waals surface area contributed by atoms with Gasteiger partial charge in [0.05, 0.1) is 27.9 Å². The van der Waals surface area contributed by atoms with E-state index < -0.39 is 10.0 Å². The van der Waals surface area contributed by atoms with E-state index in [4.69, 9.17) is 21.0 Å². The highest BCUT2D eigenvalue weighted by Gasteiger charge is 2.31. The molecule has 2 aromatic carbocycles. The summed E-state index contributed by atoms with van der Waals surface area (Å²) in [5, 5.41) is 1.12. The third-order valence-electron chi connectivity index (χ3n) is 6.56. The number of hydrogen-bond acceptors (Lipinski definition) is 6. The molecule has 10 heteroatoms. The molecule has 1 aliphatic rings. The number of furan rings is 1. The van der Waals surface area contributed by atoms with Gasteiger partial charge in [-0.1, -0.05) is 29.4 Å². The van der Waals surface area contributed by atoms with E-state index in [1.165, 1.54) is 23.5 Å². The highest BCUT2D eigenvalue weighted by Crippen LogP contribution is 2.35. The Morgan fingerprint density at radius 1 is 1.19 bits per heavy atom. The van der Waals surface area contributed by atoms with E-state index >= 15 is 0 Å². The average molecular weight is 544 g/mol. The van der Waals surface area contributed by atoms with Crippen LogP contribution in [0.1, 0.15) is 47.9 Å². The summed E-state index contributed by atoms with van der Waals surface area (Å²) in [5.41, 5.74) is 1.96. The summed E-state index contributed by atoms with van der Waals surface area (Å²) in [7, 11) is -3.62. The Morgan fingerprint density at radius 3 is 2.67 bits per heavy atom. The fourth-order valence-corrected chi connectivity index (χ4v) is 7.35. The number of hydrogen-bond donors (Lipinski definition) is 0. The Morgan fingerprint density at radius 2 is 1.97 bits per heavy atom. The molecule has 5 rings (SSSR count). The highest BCUT2D eigenvalue weighted by atomic mass is 35.5. The first-order valence-electron chi connectivity index (χ1n) is 11.8. The second-order valence-corrected chi connectivity index (χ2v) is 12.3. The van der Waals surface area contributed by atoms with Crippen molar-refractivity contribution < 1.29 is 17.6 Å². The highest BCUT2D eigenvalue weighted by molar-refractivity contribution is 7.89. The summed E-state index contributed by atoms with van der Waals surface area (Å²) >= 11 is 7.67. The van der Waals surface area contributed by atoms with Gasteiger partial charge in [-0.2, -0.15) is 4.31 Å². The molecule has 3 heterocycles. The molecule has 0 saturated carbocycles. The van der Waals surface area contributed by atoms with E-state index in [1.807, 2.05) is 26.0 Å². The molecule has 2 aromatic heterocycles. The summed E-state index contributed by atoms with van der Waals surface area (Å²) < 4.78 is 34.4. The number of aromatic nitrogens is 1. The second kappa shape index (κ2) is 9.97. The molecule has 1 atom stereocenters. The van der Waals surface area contributed by atoms with Gasteiger partial charge < -0.3 is 4.42 Å². The van der Waals surface area contributed by atoms with Crippen molar-refractivity contribution in [3.05, 3.63) is 76.7 Å². The SMILES string of the molecule is Cc1c(Cl)ccc2sc(N(Cc3ccco3)C(=O)c3ccc(S(=O)(=O)N4CCCCC4C)cc3)nc12. The molecular weight excluding hydrogens is 518 g/mol. The van der Waals surface area contributed by atoms with Crippen molar-refractivity contribution >= 4 is 54.2 Å². The molecule has 36 heavy (non-hydrogen) atoms. The van der Waals surface area contributed by atoms with E-state index in [-0.39, 0.29) is 23.4 Å². The van der Waals surface area contributed by atoms with Crippen LogP contribution >= 0.6 is 22.9 Å². The predicted molar refractivity (Wildman–Crippen MR) is 142 cm³/mol. The van der Waals surface area contributed by atoms with Crippen molar-refractivity contribution in [2.24, 2.45) is 0 Å². The smallest absolute Gasteiger partial charge is 0.260 e. The first kappa shape index (κ1) is 25.0. The lowest BCUT2D eigenvalue weighted by Crippen LogP contribution is -2.41. The maximum atomic E-state index is 13.7. The van der Waals surface area contributed by atoms with Gasteiger partial charge in [0.25, 0.3) is 5.91 Å². The number of carbonyl (C=O) groups excluding carboxylic acids is 1.